The fourth-order valence-corrected chi connectivity index (χ4v) is 4.43. The third-order valence-corrected chi connectivity index (χ3v) is 6.50. The molecule has 4 aromatic carbocycles. The zero-order valence-electron chi connectivity index (χ0n) is 18.6. The van der Waals surface area contributed by atoms with Gasteiger partial charge >= 0.3 is 5.97 Å². The lowest BCUT2D eigenvalue weighted by Gasteiger charge is -2.11. The maximum Gasteiger partial charge on any atom is 0.339 e. The molecule has 0 saturated carbocycles. The lowest BCUT2D eigenvalue weighted by atomic mass is 10.1. The zero-order valence-corrected chi connectivity index (χ0v) is 19.4. The first-order chi connectivity index (χ1) is 16.9. The molecule has 4 aromatic rings. The van der Waals surface area contributed by atoms with Crippen molar-refractivity contribution in [2.45, 2.75) is 4.90 Å². The molecule has 0 bridgehead atoms. The van der Waals surface area contributed by atoms with Crippen LogP contribution in [0.15, 0.2) is 108 Å². The van der Waals surface area contributed by atoms with E-state index in [1.165, 1.54) is 6.07 Å². The molecular weight excluding hydrogens is 466 g/mol. The number of carboxylic acid groups (broad SMARTS) is 1. The summed E-state index contributed by atoms with van der Waals surface area (Å²) in [5, 5.41) is 9.18. The Bertz CT molecular complexity index is 1390. The van der Waals surface area contributed by atoms with Gasteiger partial charge in [-0.05, 0) is 59.7 Å². The highest BCUT2D eigenvalue weighted by Crippen LogP contribution is 2.24. The molecule has 0 aliphatic carbocycles. The maximum absolute atomic E-state index is 12.8. The lowest BCUT2D eigenvalue weighted by molar-refractivity contribution is 0.0691. The number of nitrogens with one attached hydrogen (secondary N) is 1. The van der Waals surface area contributed by atoms with Crippen LogP contribution in [0, 0.1) is 0 Å². The molecule has 0 atom stereocenters. The van der Waals surface area contributed by atoms with Crippen LogP contribution in [-0.2, 0) is 10.0 Å². The summed E-state index contributed by atoms with van der Waals surface area (Å²) in [6.45, 7) is 0.338. The van der Waals surface area contributed by atoms with Crippen LogP contribution in [0.2, 0.25) is 0 Å². The van der Waals surface area contributed by atoms with E-state index < -0.39 is 16.0 Å². The van der Waals surface area contributed by atoms with E-state index in [2.05, 4.69) is 4.72 Å². The lowest BCUT2D eigenvalue weighted by Crippen LogP contribution is -2.13. The van der Waals surface area contributed by atoms with E-state index in [1.807, 2.05) is 30.3 Å². The van der Waals surface area contributed by atoms with Crippen molar-refractivity contribution in [3.05, 3.63) is 109 Å². The van der Waals surface area contributed by atoms with E-state index in [4.69, 9.17) is 9.47 Å². The van der Waals surface area contributed by atoms with Crippen molar-refractivity contribution < 1.29 is 27.8 Å². The number of hydrogen-bond donors (Lipinski definition) is 2. The van der Waals surface area contributed by atoms with Gasteiger partial charge in [-0.1, -0.05) is 54.6 Å². The molecule has 0 fully saturated rings. The number of rotatable bonds is 10. The summed E-state index contributed by atoms with van der Waals surface area (Å²) < 4.78 is 39.2. The molecule has 0 spiro atoms. The second-order valence-corrected chi connectivity index (χ2v) is 9.20. The van der Waals surface area contributed by atoms with Gasteiger partial charge in [0.1, 0.15) is 30.3 Å². The van der Waals surface area contributed by atoms with Crippen LogP contribution >= 0.6 is 0 Å². The fraction of sp³-hybridized carbons (Fsp3) is 0.0741. The van der Waals surface area contributed by atoms with Crippen molar-refractivity contribution >= 4 is 21.7 Å². The smallest absolute Gasteiger partial charge is 0.339 e. The van der Waals surface area contributed by atoms with Gasteiger partial charge in [0.2, 0.25) is 0 Å². The summed E-state index contributed by atoms with van der Waals surface area (Å²) in [7, 11) is -3.75. The van der Waals surface area contributed by atoms with Crippen LogP contribution in [0.4, 0.5) is 5.69 Å². The number of carbonyl (C=O) groups is 1. The van der Waals surface area contributed by atoms with Gasteiger partial charge in [-0.15, -0.1) is 0 Å². The molecule has 0 aliphatic rings. The standard InChI is InChI=1S/C27H23NO6S/c29-27(30)25-8-4-5-9-26(25)34-19-18-33-23-14-12-22(13-15-23)28-35(31,32)24-16-10-21(11-17-24)20-6-2-1-3-7-20/h1-17,28H,18-19H2,(H,29,30). The van der Waals surface area contributed by atoms with Crippen molar-refractivity contribution in [1.29, 1.82) is 0 Å². The van der Waals surface area contributed by atoms with Crippen LogP contribution in [0.3, 0.4) is 0 Å². The molecule has 7 nitrogen and oxygen atoms in total. The van der Waals surface area contributed by atoms with E-state index in [0.29, 0.717) is 11.4 Å². The molecule has 0 heterocycles. The van der Waals surface area contributed by atoms with E-state index in [9.17, 15) is 18.3 Å². The van der Waals surface area contributed by atoms with E-state index in [1.54, 1.807) is 66.7 Å². The molecule has 0 amide bonds. The third kappa shape index (κ3) is 6.18. The molecule has 0 radical (unpaired) electrons. The van der Waals surface area contributed by atoms with Crippen LogP contribution in [0.25, 0.3) is 11.1 Å². The van der Waals surface area contributed by atoms with Gasteiger partial charge < -0.3 is 14.6 Å². The Morgan fingerprint density at radius 3 is 2.00 bits per heavy atom. The number of benzene rings is 4. The number of anilines is 1. The Labute approximate surface area is 203 Å². The normalized spacial score (nSPS) is 11.0. The molecule has 8 heteroatoms. The number of ether oxygens (including phenoxy) is 2. The Hall–Kier alpha value is -4.30. The molecule has 0 aliphatic heterocycles. The zero-order chi connectivity index (χ0) is 24.7. The Morgan fingerprint density at radius 2 is 1.31 bits per heavy atom. The van der Waals surface area contributed by atoms with Gasteiger partial charge in [-0.25, -0.2) is 13.2 Å². The summed E-state index contributed by atoms with van der Waals surface area (Å²) in [6, 6.07) is 29.3. The van der Waals surface area contributed by atoms with Crippen molar-refractivity contribution in [2.75, 3.05) is 17.9 Å². The van der Waals surface area contributed by atoms with Gasteiger partial charge in [0.25, 0.3) is 10.0 Å². The van der Waals surface area contributed by atoms with Crippen LogP contribution in [0.1, 0.15) is 10.4 Å². The van der Waals surface area contributed by atoms with Crippen molar-refractivity contribution in [3.8, 4) is 22.6 Å². The maximum atomic E-state index is 12.8. The summed E-state index contributed by atoms with van der Waals surface area (Å²) >= 11 is 0. The van der Waals surface area contributed by atoms with Crippen LogP contribution in [-0.4, -0.2) is 32.7 Å². The SMILES string of the molecule is O=C(O)c1ccccc1OCCOc1ccc(NS(=O)(=O)c2ccc(-c3ccccc3)cc2)cc1. The second-order valence-electron chi connectivity index (χ2n) is 7.52. The minimum absolute atomic E-state index is 0.0823. The van der Waals surface area contributed by atoms with Crippen LogP contribution < -0.4 is 14.2 Å². The van der Waals surface area contributed by atoms with Gasteiger partial charge in [0, 0.05) is 5.69 Å². The number of hydrogen-bond acceptors (Lipinski definition) is 5. The molecule has 0 unspecified atom stereocenters. The van der Waals surface area contributed by atoms with Gasteiger partial charge in [0.15, 0.2) is 0 Å². The first kappa shape index (κ1) is 23.8. The quantitative estimate of drug-likeness (QED) is 0.293. The van der Waals surface area contributed by atoms with Crippen molar-refractivity contribution in [2.24, 2.45) is 0 Å². The first-order valence-corrected chi connectivity index (χ1v) is 12.3. The molecule has 0 saturated heterocycles. The van der Waals surface area contributed by atoms with E-state index in [0.717, 1.165) is 11.1 Å². The number of sulfonamides is 1. The number of para-hydroxylation sites is 1. The molecule has 4 rings (SSSR count). The highest BCUT2D eigenvalue weighted by molar-refractivity contribution is 7.92. The third-order valence-electron chi connectivity index (χ3n) is 5.11. The molecule has 2 N–H and O–H groups in total. The minimum atomic E-state index is -3.75. The predicted molar refractivity (Wildman–Crippen MR) is 134 cm³/mol. The van der Waals surface area contributed by atoms with Crippen LogP contribution in [0.5, 0.6) is 11.5 Å². The Balaban J connectivity index is 1.31. The predicted octanol–water partition coefficient (Wildman–Crippen LogP) is 5.31. The topological polar surface area (TPSA) is 102 Å². The summed E-state index contributed by atoms with van der Waals surface area (Å²) in [6.07, 6.45) is 0. The second kappa shape index (κ2) is 10.8. The Kier molecular flexibility index (Phi) is 7.32. The molecule has 35 heavy (non-hydrogen) atoms. The average molecular weight is 490 g/mol. The average Bonchev–Trinajstić information content (AvgIpc) is 2.88. The molecular formula is C27H23NO6S. The van der Waals surface area contributed by atoms with Gasteiger partial charge in [-0.2, -0.15) is 0 Å². The number of carboxylic acids is 1. The highest BCUT2D eigenvalue weighted by Gasteiger charge is 2.14. The number of aromatic carboxylic acids is 1. The molecule has 0 aromatic heterocycles. The van der Waals surface area contributed by atoms with Crippen molar-refractivity contribution in [1.82, 2.24) is 0 Å². The monoisotopic (exact) mass is 489 g/mol. The Morgan fingerprint density at radius 1 is 0.714 bits per heavy atom. The summed E-state index contributed by atoms with van der Waals surface area (Å²) in [5.41, 5.74) is 2.42. The largest absolute Gasteiger partial charge is 0.490 e. The summed E-state index contributed by atoms with van der Waals surface area (Å²) in [5.74, 6) is -0.271. The molecule has 178 valence electrons. The van der Waals surface area contributed by atoms with Gasteiger partial charge in [-0.3, -0.25) is 4.72 Å². The summed E-state index contributed by atoms with van der Waals surface area (Å²) in [4.78, 5) is 11.4. The fourth-order valence-electron chi connectivity index (χ4n) is 3.37. The minimum Gasteiger partial charge on any atom is -0.490 e. The van der Waals surface area contributed by atoms with E-state index >= 15 is 0 Å². The van der Waals surface area contributed by atoms with Gasteiger partial charge in [0.05, 0.1) is 4.90 Å². The van der Waals surface area contributed by atoms with Crippen molar-refractivity contribution in [3.63, 3.8) is 0 Å². The van der Waals surface area contributed by atoms with E-state index in [-0.39, 0.29) is 29.4 Å². The first-order valence-electron chi connectivity index (χ1n) is 10.8. The highest BCUT2D eigenvalue weighted by atomic mass is 32.2.